The molecular weight excluding hydrogens is 214 g/mol. The first kappa shape index (κ1) is 14.5. The smallest absolute Gasteiger partial charge is 0.236 e. The molecule has 1 atom stereocenters. The van der Waals surface area contributed by atoms with Crippen molar-refractivity contribution in [2.45, 2.75) is 45.2 Å². The van der Waals surface area contributed by atoms with E-state index >= 15 is 0 Å². The monoisotopic (exact) mass is 241 g/mol. The van der Waals surface area contributed by atoms with Gasteiger partial charge >= 0.3 is 0 Å². The van der Waals surface area contributed by atoms with Gasteiger partial charge in [-0.25, -0.2) is 0 Å². The molecular formula is C13H27N3O. The maximum Gasteiger partial charge on any atom is 0.236 e. The molecule has 1 saturated heterocycles. The van der Waals surface area contributed by atoms with Crippen LogP contribution in [-0.4, -0.2) is 61.5 Å². The fourth-order valence-electron chi connectivity index (χ4n) is 2.19. The number of carbonyl (C=O) groups excluding carboxylic acids is 1. The summed E-state index contributed by atoms with van der Waals surface area (Å²) < 4.78 is 0. The average Bonchev–Trinajstić information content (AvgIpc) is 2.27. The molecule has 1 amide bonds. The minimum absolute atomic E-state index is 0.210. The first-order chi connectivity index (χ1) is 8.00. The molecule has 100 valence electrons. The van der Waals surface area contributed by atoms with Gasteiger partial charge in [0.25, 0.3) is 0 Å². The molecule has 4 heteroatoms. The van der Waals surface area contributed by atoms with Gasteiger partial charge in [0.15, 0.2) is 0 Å². The van der Waals surface area contributed by atoms with Crippen LogP contribution in [0.5, 0.6) is 0 Å². The fourth-order valence-corrected chi connectivity index (χ4v) is 2.19. The summed E-state index contributed by atoms with van der Waals surface area (Å²) in [5, 5.41) is 3.48. The van der Waals surface area contributed by atoms with Gasteiger partial charge in [-0.15, -0.1) is 0 Å². The number of rotatable bonds is 5. The molecule has 0 aromatic rings. The van der Waals surface area contributed by atoms with Gasteiger partial charge in [0.2, 0.25) is 5.91 Å². The van der Waals surface area contributed by atoms with Gasteiger partial charge in [-0.3, -0.25) is 9.69 Å². The molecule has 0 saturated carbocycles. The zero-order valence-corrected chi connectivity index (χ0v) is 11.7. The van der Waals surface area contributed by atoms with E-state index in [1.165, 1.54) is 19.3 Å². The molecule has 4 nitrogen and oxygen atoms in total. The van der Waals surface area contributed by atoms with Crippen LogP contribution in [0.4, 0.5) is 0 Å². The number of likely N-dealkylation sites (N-methyl/N-ethyl adjacent to an activating group) is 1. The van der Waals surface area contributed by atoms with Crippen LogP contribution in [0.3, 0.4) is 0 Å². The van der Waals surface area contributed by atoms with Crippen molar-refractivity contribution in [1.82, 2.24) is 15.1 Å². The van der Waals surface area contributed by atoms with Gasteiger partial charge < -0.3 is 10.2 Å². The van der Waals surface area contributed by atoms with E-state index in [1.54, 1.807) is 4.90 Å². The van der Waals surface area contributed by atoms with Crippen molar-refractivity contribution in [3.63, 3.8) is 0 Å². The van der Waals surface area contributed by atoms with E-state index in [2.05, 4.69) is 24.1 Å². The Bertz CT molecular complexity index is 241. The molecule has 1 fully saturated rings. The second-order valence-electron chi connectivity index (χ2n) is 5.47. The Morgan fingerprint density at radius 1 is 1.41 bits per heavy atom. The topological polar surface area (TPSA) is 35.6 Å². The molecule has 1 unspecified atom stereocenters. The van der Waals surface area contributed by atoms with Crippen molar-refractivity contribution >= 4 is 5.91 Å². The van der Waals surface area contributed by atoms with Gasteiger partial charge in [0, 0.05) is 32.7 Å². The highest BCUT2D eigenvalue weighted by Crippen LogP contribution is 2.16. The highest BCUT2D eigenvalue weighted by atomic mass is 16.2. The van der Waals surface area contributed by atoms with Gasteiger partial charge in [-0.05, 0) is 19.4 Å². The Labute approximate surface area is 105 Å². The number of nitrogens with one attached hydrogen (secondary N) is 1. The van der Waals surface area contributed by atoms with Crippen molar-refractivity contribution in [2.75, 3.05) is 33.7 Å². The highest BCUT2D eigenvalue weighted by molar-refractivity contribution is 5.77. The molecule has 1 rings (SSSR count). The highest BCUT2D eigenvalue weighted by Gasteiger charge is 2.24. The lowest BCUT2D eigenvalue weighted by Gasteiger charge is -2.36. The van der Waals surface area contributed by atoms with Crippen LogP contribution in [0.25, 0.3) is 0 Å². The number of amides is 1. The standard InChI is InChI=1S/C13H27N3O/c1-11(2)14-9-12-7-5-6-8-16(12)10-13(17)15(3)4/h11-12,14H,5-10H2,1-4H3. The lowest BCUT2D eigenvalue weighted by molar-refractivity contribution is -0.130. The molecule has 1 heterocycles. The molecule has 0 aliphatic carbocycles. The van der Waals surface area contributed by atoms with Gasteiger partial charge in [-0.1, -0.05) is 20.3 Å². The van der Waals surface area contributed by atoms with Gasteiger partial charge in [-0.2, -0.15) is 0 Å². The van der Waals surface area contributed by atoms with E-state index in [4.69, 9.17) is 0 Å². The van der Waals surface area contributed by atoms with E-state index in [0.29, 0.717) is 18.6 Å². The first-order valence-electron chi connectivity index (χ1n) is 6.68. The van der Waals surface area contributed by atoms with E-state index in [-0.39, 0.29) is 5.91 Å². The Morgan fingerprint density at radius 3 is 2.71 bits per heavy atom. The third kappa shape index (κ3) is 5.04. The van der Waals surface area contributed by atoms with Crippen molar-refractivity contribution < 1.29 is 4.79 Å². The van der Waals surface area contributed by atoms with E-state index in [9.17, 15) is 4.79 Å². The lowest BCUT2D eigenvalue weighted by Crippen LogP contribution is -2.50. The predicted molar refractivity (Wildman–Crippen MR) is 71.0 cm³/mol. The van der Waals surface area contributed by atoms with Crippen LogP contribution < -0.4 is 5.32 Å². The quantitative estimate of drug-likeness (QED) is 0.778. The largest absolute Gasteiger partial charge is 0.348 e. The predicted octanol–water partition coefficient (Wildman–Crippen LogP) is 0.927. The second kappa shape index (κ2) is 6.97. The SMILES string of the molecule is CC(C)NCC1CCCCN1CC(=O)N(C)C. The number of hydrogen-bond donors (Lipinski definition) is 1. The molecule has 0 aromatic heterocycles. The molecule has 17 heavy (non-hydrogen) atoms. The lowest BCUT2D eigenvalue weighted by atomic mass is 10.0. The van der Waals surface area contributed by atoms with Crippen LogP contribution in [0.15, 0.2) is 0 Å². The summed E-state index contributed by atoms with van der Waals surface area (Å²) in [6.45, 7) is 6.95. The molecule has 0 spiro atoms. The van der Waals surface area contributed by atoms with Gasteiger partial charge in [0.05, 0.1) is 6.54 Å². The molecule has 0 radical (unpaired) electrons. The van der Waals surface area contributed by atoms with Crippen LogP contribution in [-0.2, 0) is 4.79 Å². The Morgan fingerprint density at radius 2 is 2.12 bits per heavy atom. The molecule has 1 aliphatic rings. The number of likely N-dealkylation sites (tertiary alicyclic amines) is 1. The Hall–Kier alpha value is -0.610. The maximum atomic E-state index is 11.8. The van der Waals surface area contributed by atoms with Crippen LogP contribution in [0, 0.1) is 0 Å². The summed E-state index contributed by atoms with van der Waals surface area (Å²) in [6.07, 6.45) is 3.72. The second-order valence-corrected chi connectivity index (χ2v) is 5.47. The molecule has 1 N–H and O–H groups in total. The number of carbonyl (C=O) groups is 1. The zero-order valence-electron chi connectivity index (χ0n) is 11.7. The van der Waals surface area contributed by atoms with Crippen molar-refractivity contribution in [3.8, 4) is 0 Å². The average molecular weight is 241 g/mol. The van der Waals surface area contributed by atoms with E-state index in [0.717, 1.165) is 13.1 Å². The maximum absolute atomic E-state index is 11.8. The van der Waals surface area contributed by atoms with Crippen LogP contribution in [0.1, 0.15) is 33.1 Å². The third-order valence-electron chi connectivity index (χ3n) is 3.35. The van der Waals surface area contributed by atoms with Crippen molar-refractivity contribution in [3.05, 3.63) is 0 Å². The summed E-state index contributed by atoms with van der Waals surface area (Å²) in [7, 11) is 3.65. The summed E-state index contributed by atoms with van der Waals surface area (Å²) in [5.41, 5.74) is 0. The molecule has 0 aromatic carbocycles. The van der Waals surface area contributed by atoms with Crippen molar-refractivity contribution in [2.24, 2.45) is 0 Å². The molecule has 1 aliphatic heterocycles. The third-order valence-corrected chi connectivity index (χ3v) is 3.35. The van der Waals surface area contributed by atoms with E-state index < -0.39 is 0 Å². The normalized spacial score (nSPS) is 21.8. The summed E-state index contributed by atoms with van der Waals surface area (Å²) >= 11 is 0. The summed E-state index contributed by atoms with van der Waals surface area (Å²) in [6, 6.07) is 1.04. The Balaban J connectivity index is 2.44. The van der Waals surface area contributed by atoms with E-state index in [1.807, 2.05) is 14.1 Å². The number of nitrogens with zero attached hydrogens (tertiary/aromatic N) is 2. The first-order valence-corrected chi connectivity index (χ1v) is 6.68. The molecule has 0 bridgehead atoms. The van der Waals surface area contributed by atoms with Gasteiger partial charge in [0.1, 0.15) is 0 Å². The minimum Gasteiger partial charge on any atom is -0.348 e. The summed E-state index contributed by atoms with van der Waals surface area (Å²) in [5.74, 6) is 0.210. The Kier molecular flexibility index (Phi) is 5.92. The van der Waals surface area contributed by atoms with Crippen LogP contribution in [0.2, 0.25) is 0 Å². The van der Waals surface area contributed by atoms with Crippen molar-refractivity contribution in [1.29, 1.82) is 0 Å². The number of piperidine rings is 1. The van der Waals surface area contributed by atoms with Crippen LogP contribution >= 0.6 is 0 Å². The zero-order chi connectivity index (χ0) is 12.8. The fraction of sp³-hybridized carbons (Fsp3) is 0.923. The summed E-state index contributed by atoms with van der Waals surface area (Å²) in [4.78, 5) is 15.8. The number of hydrogen-bond acceptors (Lipinski definition) is 3. The minimum atomic E-state index is 0.210.